The van der Waals surface area contributed by atoms with E-state index in [4.69, 9.17) is 33.0 Å². The molecule has 0 fully saturated rings. The van der Waals surface area contributed by atoms with Crippen LogP contribution in [0.3, 0.4) is 0 Å². The predicted octanol–water partition coefficient (Wildman–Crippen LogP) is 5.90. The van der Waals surface area contributed by atoms with Gasteiger partial charge in [0, 0.05) is 16.3 Å². The number of methoxy groups -OCH3 is 1. The lowest BCUT2D eigenvalue weighted by molar-refractivity contribution is 0.0975. The Morgan fingerprint density at radius 3 is 2.62 bits per heavy atom. The molecule has 0 atom stereocenters. The van der Waals surface area contributed by atoms with Gasteiger partial charge >= 0.3 is 0 Å². The van der Waals surface area contributed by atoms with E-state index >= 15 is 0 Å². The molecule has 4 aromatic rings. The largest absolute Gasteiger partial charge is 0.496 e. The first-order chi connectivity index (χ1) is 15.3. The van der Waals surface area contributed by atoms with Gasteiger partial charge in [-0.15, -0.1) is 0 Å². The van der Waals surface area contributed by atoms with Crippen LogP contribution in [0.1, 0.15) is 21.5 Å². The highest BCUT2D eigenvalue weighted by molar-refractivity contribution is 7.80. The number of hydrogen-bond donors (Lipinski definition) is 2. The fourth-order valence-electron chi connectivity index (χ4n) is 3.19. The van der Waals surface area contributed by atoms with E-state index in [2.05, 4.69) is 29.5 Å². The fraction of sp³-hybridized carbons (Fsp3) is 0.125. The van der Waals surface area contributed by atoms with Crippen LogP contribution in [0.4, 0.5) is 5.69 Å². The first-order valence-electron chi connectivity index (χ1n) is 9.78. The van der Waals surface area contributed by atoms with Gasteiger partial charge in [0.25, 0.3) is 5.91 Å². The van der Waals surface area contributed by atoms with Gasteiger partial charge in [-0.25, -0.2) is 4.98 Å². The monoisotopic (exact) mass is 465 g/mol. The average Bonchev–Trinajstić information content (AvgIpc) is 3.19. The molecule has 162 valence electrons. The maximum Gasteiger partial charge on any atom is 0.261 e. The number of hydrogen-bond acceptors (Lipinski definition) is 5. The lowest BCUT2D eigenvalue weighted by Gasteiger charge is -2.12. The van der Waals surface area contributed by atoms with E-state index in [0.29, 0.717) is 33.4 Å². The Bertz CT molecular complexity index is 1350. The van der Waals surface area contributed by atoms with Gasteiger partial charge < -0.3 is 14.5 Å². The Kier molecular flexibility index (Phi) is 6.12. The first kappa shape index (κ1) is 21.8. The maximum absolute atomic E-state index is 12.6. The maximum atomic E-state index is 12.6. The Balaban J connectivity index is 1.50. The van der Waals surface area contributed by atoms with Crippen molar-refractivity contribution in [2.45, 2.75) is 13.8 Å². The number of ether oxygens (including phenoxy) is 1. The highest BCUT2D eigenvalue weighted by atomic mass is 35.5. The quantitative estimate of drug-likeness (QED) is 0.365. The molecule has 0 spiro atoms. The molecular weight excluding hydrogens is 446 g/mol. The minimum Gasteiger partial charge on any atom is -0.496 e. The zero-order chi connectivity index (χ0) is 22.8. The predicted molar refractivity (Wildman–Crippen MR) is 131 cm³/mol. The molecule has 0 unspecified atom stereocenters. The molecule has 0 saturated heterocycles. The Morgan fingerprint density at radius 2 is 1.88 bits per heavy atom. The van der Waals surface area contributed by atoms with Crippen LogP contribution >= 0.6 is 23.8 Å². The van der Waals surface area contributed by atoms with E-state index in [0.717, 1.165) is 5.56 Å². The number of carbonyl (C=O) groups is 1. The molecule has 0 aliphatic carbocycles. The standard InChI is InChI=1S/C24H20ClN3O3S/c1-13-4-5-15(10-14(13)2)23-27-19-12-17(7-9-21(19)31-23)26-24(32)28-22(29)18-11-16(25)6-8-20(18)30-3/h4-12H,1-3H3,(H2,26,28,29,32). The van der Waals surface area contributed by atoms with E-state index in [1.165, 1.54) is 24.3 Å². The lowest BCUT2D eigenvalue weighted by Crippen LogP contribution is -2.34. The molecular formula is C24H20ClN3O3S. The zero-order valence-electron chi connectivity index (χ0n) is 17.7. The SMILES string of the molecule is COc1ccc(Cl)cc1C(=O)NC(=S)Nc1ccc2oc(-c3ccc(C)c(C)c3)nc2c1. The number of aromatic nitrogens is 1. The van der Waals surface area contributed by atoms with Crippen molar-refractivity contribution in [1.82, 2.24) is 10.3 Å². The summed E-state index contributed by atoms with van der Waals surface area (Å²) in [6.07, 6.45) is 0. The van der Waals surface area contributed by atoms with Crippen LogP contribution in [0.15, 0.2) is 59.0 Å². The average molecular weight is 466 g/mol. The highest BCUT2D eigenvalue weighted by Gasteiger charge is 2.15. The lowest BCUT2D eigenvalue weighted by atomic mass is 10.1. The van der Waals surface area contributed by atoms with Crippen molar-refractivity contribution in [3.05, 3.63) is 76.3 Å². The summed E-state index contributed by atoms with van der Waals surface area (Å²) < 4.78 is 11.1. The second-order valence-electron chi connectivity index (χ2n) is 7.25. The molecule has 4 rings (SSSR count). The number of thiocarbonyl (C=S) groups is 1. The number of amides is 1. The van der Waals surface area contributed by atoms with Gasteiger partial charge in [-0.2, -0.15) is 0 Å². The minimum atomic E-state index is -0.429. The van der Waals surface area contributed by atoms with Crippen molar-refractivity contribution in [1.29, 1.82) is 0 Å². The summed E-state index contributed by atoms with van der Waals surface area (Å²) in [5, 5.41) is 6.19. The van der Waals surface area contributed by atoms with Crippen LogP contribution in [0.25, 0.3) is 22.6 Å². The first-order valence-corrected chi connectivity index (χ1v) is 10.6. The summed E-state index contributed by atoms with van der Waals surface area (Å²) in [5.74, 6) is 0.517. The second kappa shape index (κ2) is 8.98. The summed E-state index contributed by atoms with van der Waals surface area (Å²) in [4.78, 5) is 17.2. The van der Waals surface area contributed by atoms with Gasteiger partial charge in [0.05, 0.1) is 12.7 Å². The topological polar surface area (TPSA) is 76.4 Å². The van der Waals surface area contributed by atoms with Crippen molar-refractivity contribution in [3.8, 4) is 17.2 Å². The molecule has 1 heterocycles. The molecule has 0 aliphatic rings. The van der Waals surface area contributed by atoms with Crippen LogP contribution in [-0.2, 0) is 0 Å². The van der Waals surface area contributed by atoms with E-state index in [9.17, 15) is 4.79 Å². The summed E-state index contributed by atoms with van der Waals surface area (Å²) in [7, 11) is 1.48. The van der Waals surface area contributed by atoms with Crippen molar-refractivity contribution in [2.24, 2.45) is 0 Å². The summed E-state index contributed by atoms with van der Waals surface area (Å²) >= 11 is 11.3. The molecule has 0 radical (unpaired) electrons. The Labute approximate surface area is 195 Å². The molecule has 0 aliphatic heterocycles. The number of oxazole rings is 1. The molecule has 1 aromatic heterocycles. The van der Waals surface area contributed by atoms with Crippen molar-refractivity contribution >= 4 is 51.6 Å². The Hall–Kier alpha value is -3.42. The number of nitrogens with zero attached hydrogens (tertiary/aromatic N) is 1. The van der Waals surface area contributed by atoms with Crippen LogP contribution in [0.2, 0.25) is 5.02 Å². The smallest absolute Gasteiger partial charge is 0.261 e. The van der Waals surface area contributed by atoms with Gasteiger partial charge in [-0.3, -0.25) is 10.1 Å². The highest BCUT2D eigenvalue weighted by Crippen LogP contribution is 2.27. The van der Waals surface area contributed by atoms with Crippen molar-refractivity contribution in [3.63, 3.8) is 0 Å². The molecule has 32 heavy (non-hydrogen) atoms. The Morgan fingerprint density at radius 1 is 1.06 bits per heavy atom. The molecule has 6 nitrogen and oxygen atoms in total. The molecule has 2 N–H and O–H groups in total. The van der Waals surface area contributed by atoms with E-state index in [1.54, 1.807) is 24.3 Å². The van der Waals surface area contributed by atoms with Gasteiger partial charge in [-0.05, 0) is 85.7 Å². The second-order valence-corrected chi connectivity index (χ2v) is 8.10. The van der Waals surface area contributed by atoms with Gasteiger partial charge in [0.2, 0.25) is 5.89 Å². The third-order valence-electron chi connectivity index (χ3n) is 5.03. The van der Waals surface area contributed by atoms with Gasteiger partial charge in [0.15, 0.2) is 10.7 Å². The molecule has 8 heteroatoms. The number of anilines is 1. The van der Waals surface area contributed by atoms with Gasteiger partial charge in [-0.1, -0.05) is 17.7 Å². The van der Waals surface area contributed by atoms with Gasteiger partial charge in [0.1, 0.15) is 11.3 Å². The van der Waals surface area contributed by atoms with Crippen LogP contribution in [0.5, 0.6) is 5.75 Å². The van der Waals surface area contributed by atoms with Crippen LogP contribution in [-0.4, -0.2) is 23.1 Å². The van der Waals surface area contributed by atoms with Crippen molar-refractivity contribution in [2.75, 3.05) is 12.4 Å². The van der Waals surface area contributed by atoms with E-state index in [-0.39, 0.29) is 10.7 Å². The number of nitrogens with one attached hydrogen (secondary N) is 2. The number of aryl methyl sites for hydroxylation is 2. The number of halogens is 1. The van der Waals surface area contributed by atoms with Crippen molar-refractivity contribution < 1.29 is 13.9 Å². The van der Waals surface area contributed by atoms with E-state index in [1.807, 2.05) is 24.3 Å². The number of benzene rings is 3. The van der Waals surface area contributed by atoms with Crippen LogP contribution in [0, 0.1) is 13.8 Å². The summed E-state index contributed by atoms with van der Waals surface area (Å²) in [5.41, 5.74) is 5.58. The number of rotatable bonds is 4. The zero-order valence-corrected chi connectivity index (χ0v) is 19.2. The number of fused-ring (bicyclic) bond motifs is 1. The third kappa shape index (κ3) is 4.59. The molecule has 1 amide bonds. The van der Waals surface area contributed by atoms with Crippen LogP contribution < -0.4 is 15.4 Å². The minimum absolute atomic E-state index is 0.134. The molecule has 3 aromatic carbocycles. The third-order valence-corrected chi connectivity index (χ3v) is 5.47. The number of carbonyl (C=O) groups excluding carboxylic acids is 1. The molecule has 0 saturated carbocycles. The summed E-state index contributed by atoms with van der Waals surface area (Å²) in [6.45, 7) is 4.12. The fourth-order valence-corrected chi connectivity index (χ4v) is 3.58. The van der Waals surface area contributed by atoms with E-state index < -0.39 is 5.91 Å². The normalized spacial score (nSPS) is 10.8. The molecule has 0 bridgehead atoms. The summed E-state index contributed by atoms with van der Waals surface area (Å²) in [6, 6.07) is 16.3.